The van der Waals surface area contributed by atoms with Gasteiger partial charge in [-0.15, -0.1) is 0 Å². The van der Waals surface area contributed by atoms with Crippen LogP contribution in [0, 0.1) is 28.5 Å². The molecule has 82 valence electrons. The number of nitrogens with zero attached hydrogens (tertiary/aromatic N) is 5. The van der Waals surface area contributed by atoms with Crippen molar-refractivity contribution in [1.29, 1.82) is 10.5 Å². The first-order valence-corrected chi connectivity index (χ1v) is 5.15. The lowest BCUT2D eigenvalue weighted by Crippen LogP contribution is -2.02. The van der Waals surface area contributed by atoms with Crippen LogP contribution in [0.25, 0.3) is 5.82 Å². The van der Waals surface area contributed by atoms with Crippen molar-refractivity contribution >= 4 is 15.9 Å². The number of aromatic nitrogens is 3. The standard InChI is InChI=1S/C10H3BrFN5/c11-6-1-7(12)10(15-4-6)17-5-16-8(2-13)9(17)3-14/h1,4-5H. The summed E-state index contributed by atoms with van der Waals surface area (Å²) < 4.78 is 15.3. The van der Waals surface area contributed by atoms with E-state index in [9.17, 15) is 4.39 Å². The fraction of sp³-hybridized carbons (Fsp3) is 0. The fourth-order valence-corrected chi connectivity index (χ4v) is 1.59. The van der Waals surface area contributed by atoms with E-state index in [2.05, 4.69) is 25.9 Å². The van der Waals surface area contributed by atoms with Gasteiger partial charge in [0.05, 0.1) is 0 Å². The highest BCUT2D eigenvalue weighted by atomic mass is 79.9. The first-order chi connectivity index (χ1) is 8.17. The maximum atomic E-state index is 13.6. The minimum atomic E-state index is -0.613. The number of rotatable bonds is 1. The van der Waals surface area contributed by atoms with Gasteiger partial charge in [-0.25, -0.2) is 14.4 Å². The molecule has 0 spiro atoms. The van der Waals surface area contributed by atoms with Crippen LogP contribution in [0.1, 0.15) is 11.4 Å². The third-order valence-corrected chi connectivity index (χ3v) is 2.43. The van der Waals surface area contributed by atoms with Crippen molar-refractivity contribution in [2.75, 3.05) is 0 Å². The number of pyridine rings is 1. The monoisotopic (exact) mass is 291 g/mol. The van der Waals surface area contributed by atoms with Gasteiger partial charge in [0.2, 0.25) is 0 Å². The molecule has 2 heterocycles. The van der Waals surface area contributed by atoms with E-state index in [-0.39, 0.29) is 17.2 Å². The van der Waals surface area contributed by atoms with Crippen LogP contribution in [-0.4, -0.2) is 14.5 Å². The Morgan fingerprint density at radius 3 is 2.65 bits per heavy atom. The summed E-state index contributed by atoms with van der Waals surface area (Å²) in [6, 6.07) is 4.77. The normalized spacial score (nSPS) is 9.65. The summed E-state index contributed by atoms with van der Waals surface area (Å²) in [7, 11) is 0. The molecule has 0 atom stereocenters. The fourth-order valence-electron chi connectivity index (χ4n) is 1.28. The Hall–Kier alpha value is -2.25. The van der Waals surface area contributed by atoms with Gasteiger partial charge < -0.3 is 0 Å². The van der Waals surface area contributed by atoms with Crippen molar-refractivity contribution in [3.05, 3.63) is 40.3 Å². The molecule has 5 nitrogen and oxygen atoms in total. The molecule has 0 fully saturated rings. The number of hydrogen-bond donors (Lipinski definition) is 0. The second kappa shape index (κ2) is 4.32. The molecule has 17 heavy (non-hydrogen) atoms. The van der Waals surface area contributed by atoms with Gasteiger partial charge in [0.25, 0.3) is 0 Å². The maximum Gasteiger partial charge on any atom is 0.177 e. The summed E-state index contributed by atoms with van der Waals surface area (Å²) in [5, 5.41) is 17.6. The average Bonchev–Trinajstić information content (AvgIpc) is 2.71. The van der Waals surface area contributed by atoms with Crippen molar-refractivity contribution < 1.29 is 4.39 Å². The molecule has 2 rings (SSSR count). The largest absolute Gasteiger partial charge is 0.271 e. The van der Waals surface area contributed by atoms with Crippen molar-refractivity contribution in [1.82, 2.24) is 14.5 Å². The van der Waals surface area contributed by atoms with Crippen LogP contribution < -0.4 is 0 Å². The molecular formula is C10H3BrFN5. The lowest BCUT2D eigenvalue weighted by Gasteiger charge is -2.03. The Kier molecular flexibility index (Phi) is 2.86. The van der Waals surface area contributed by atoms with E-state index in [0.29, 0.717) is 4.47 Å². The van der Waals surface area contributed by atoms with E-state index in [1.54, 1.807) is 12.1 Å². The van der Waals surface area contributed by atoms with E-state index < -0.39 is 5.82 Å². The first-order valence-electron chi connectivity index (χ1n) is 4.36. The summed E-state index contributed by atoms with van der Waals surface area (Å²) in [4.78, 5) is 7.55. The predicted molar refractivity (Wildman–Crippen MR) is 58.4 cm³/mol. The first kappa shape index (κ1) is 11.2. The average molecular weight is 292 g/mol. The number of nitriles is 2. The van der Waals surface area contributed by atoms with Gasteiger partial charge in [-0.05, 0) is 22.0 Å². The smallest absolute Gasteiger partial charge is 0.177 e. The SMILES string of the molecule is N#Cc1ncn(-c2ncc(Br)cc2F)c1C#N. The van der Waals surface area contributed by atoms with Crippen molar-refractivity contribution in [2.24, 2.45) is 0 Å². The molecule has 0 aromatic carbocycles. The van der Waals surface area contributed by atoms with Crippen LogP contribution >= 0.6 is 15.9 Å². The number of halogens is 2. The Morgan fingerprint density at radius 2 is 2.06 bits per heavy atom. The second-order valence-electron chi connectivity index (χ2n) is 2.99. The van der Waals surface area contributed by atoms with E-state index in [1.807, 2.05) is 0 Å². The molecule has 0 saturated heterocycles. The minimum Gasteiger partial charge on any atom is -0.271 e. The molecule has 0 radical (unpaired) electrons. The Morgan fingerprint density at radius 1 is 1.29 bits per heavy atom. The Balaban J connectivity index is 2.66. The topological polar surface area (TPSA) is 78.3 Å². The summed E-state index contributed by atoms with van der Waals surface area (Å²) in [5.74, 6) is -0.684. The molecule has 7 heteroatoms. The third kappa shape index (κ3) is 1.88. The van der Waals surface area contributed by atoms with Gasteiger partial charge in [0.15, 0.2) is 23.0 Å². The molecule has 0 saturated carbocycles. The van der Waals surface area contributed by atoms with Crippen LogP contribution in [0.5, 0.6) is 0 Å². The van der Waals surface area contributed by atoms with Crippen LogP contribution in [0.15, 0.2) is 23.1 Å². The summed E-state index contributed by atoms with van der Waals surface area (Å²) in [6.07, 6.45) is 2.59. The van der Waals surface area contributed by atoms with Gasteiger partial charge in [-0.3, -0.25) is 4.57 Å². The molecule has 2 aromatic rings. The molecule has 0 unspecified atom stereocenters. The van der Waals surface area contributed by atoms with Gasteiger partial charge in [-0.2, -0.15) is 10.5 Å². The highest BCUT2D eigenvalue weighted by molar-refractivity contribution is 9.10. The molecular weight excluding hydrogens is 289 g/mol. The van der Waals surface area contributed by atoms with Crippen molar-refractivity contribution in [3.63, 3.8) is 0 Å². The van der Waals surface area contributed by atoms with Gasteiger partial charge in [-0.1, -0.05) is 0 Å². The number of imidazole rings is 1. The second-order valence-corrected chi connectivity index (χ2v) is 3.91. The minimum absolute atomic E-state index is 0.0405. The highest BCUT2D eigenvalue weighted by Crippen LogP contribution is 2.18. The zero-order valence-electron chi connectivity index (χ0n) is 8.22. The predicted octanol–water partition coefficient (Wildman–Crippen LogP) is 1.91. The summed E-state index contributed by atoms with van der Waals surface area (Å²) in [5.41, 5.74) is -0.0992. The summed E-state index contributed by atoms with van der Waals surface area (Å²) in [6.45, 7) is 0. The van der Waals surface area contributed by atoms with Crippen molar-refractivity contribution in [2.45, 2.75) is 0 Å². The molecule has 0 aliphatic carbocycles. The van der Waals surface area contributed by atoms with E-state index >= 15 is 0 Å². The Labute approximate surface area is 104 Å². The summed E-state index contributed by atoms with van der Waals surface area (Å²) >= 11 is 3.08. The molecule has 2 aromatic heterocycles. The third-order valence-electron chi connectivity index (χ3n) is 2.00. The molecule has 0 bridgehead atoms. The van der Waals surface area contributed by atoms with Gasteiger partial charge in [0.1, 0.15) is 18.5 Å². The molecule has 0 aliphatic heterocycles. The van der Waals surface area contributed by atoms with Crippen LogP contribution in [0.3, 0.4) is 0 Å². The molecule has 0 aliphatic rings. The van der Waals surface area contributed by atoms with Gasteiger partial charge >= 0.3 is 0 Å². The van der Waals surface area contributed by atoms with E-state index in [4.69, 9.17) is 10.5 Å². The molecule has 0 N–H and O–H groups in total. The van der Waals surface area contributed by atoms with E-state index in [1.165, 1.54) is 18.6 Å². The zero-order valence-corrected chi connectivity index (χ0v) is 9.81. The van der Waals surface area contributed by atoms with Gasteiger partial charge in [0, 0.05) is 10.7 Å². The number of hydrogen-bond acceptors (Lipinski definition) is 4. The van der Waals surface area contributed by atoms with Crippen LogP contribution in [0.4, 0.5) is 4.39 Å². The zero-order chi connectivity index (χ0) is 12.4. The Bertz CT molecular complexity index is 664. The highest BCUT2D eigenvalue weighted by Gasteiger charge is 2.15. The lowest BCUT2D eigenvalue weighted by molar-refractivity contribution is 0.607. The van der Waals surface area contributed by atoms with Crippen molar-refractivity contribution in [3.8, 4) is 18.0 Å². The quantitative estimate of drug-likeness (QED) is 0.804. The maximum absolute atomic E-state index is 13.6. The van der Waals surface area contributed by atoms with Crippen LogP contribution in [0.2, 0.25) is 0 Å². The molecule has 0 amide bonds. The van der Waals surface area contributed by atoms with E-state index in [0.717, 1.165) is 4.57 Å². The van der Waals surface area contributed by atoms with Crippen LogP contribution in [-0.2, 0) is 0 Å². The lowest BCUT2D eigenvalue weighted by atomic mass is 10.3.